The highest BCUT2D eigenvalue weighted by Gasteiger charge is 2.31. The van der Waals surface area contributed by atoms with Gasteiger partial charge in [-0.05, 0) is 48.2 Å². The van der Waals surface area contributed by atoms with Crippen molar-refractivity contribution in [2.75, 3.05) is 13.1 Å². The summed E-state index contributed by atoms with van der Waals surface area (Å²) in [5.41, 5.74) is 1.53. The molecule has 0 aliphatic rings. The fourth-order valence-electron chi connectivity index (χ4n) is 3.65. The van der Waals surface area contributed by atoms with Gasteiger partial charge in [-0.3, -0.25) is 0 Å². The van der Waals surface area contributed by atoms with Crippen molar-refractivity contribution in [1.82, 2.24) is 9.62 Å². The molecular weight excluding hydrogens is 484 g/mol. The number of carbonyl (C=O) groups excluding carboxylic acids is 1. The summed E-state index contributed by atoms with van der Waals surface area (Å²) in [6.07, 6.45) is 1.21. The number of nitrogens with one attached hydrogen (secondary N) is 1. The third kappa shape index (κ3) is 7.84. The predicted octanol–water partition coefficient (Wildman–Crippen LogP) is 3.53. The lowest BCUT2D eigenvalue weighted by molar-refractivity contribution is 0.0873. The molecule has 1 amide bonds. The topological polar surface area (TPSA) is 129 Å². The quantitative estimate of drug-likeness (QED) is 0.336. The van der Waals surface area contributed by atoms with Gasteiger partial charge in [0.05, 0.1) is 29.6 Å². The molecule has 0 radical (unpaired) electrons. The van der Waals surface area contributed by atoms with Crippen molar-refractivity contribution in [1.29, 1.82) is 0 Å². The van der Waals surface area contributed by atoms with E-state index in [1.54, 1.807) is 6.07 Å². The number of carbonyl (C=O) groups is 1. The van der Waals surface area contributed by atoms with E-state index < -0.39 is 28.3 Å². The molecule has 0 aliphatic heterocycles. The number of aliphatic hydroxyl groups is 1. The minimum Gasteiger partial charge on any atom is -0.508 e. The van der Waals surface area contributed by atoms with Crippen LogP contribution in [-0.4, -0.2) is 54.3 Å². The van der Waals surface area contributed by atoms with E-state index >= 15 is 0 Å². The summed E-state index contributed by atoms with van der Waals surface area (Å²) >= 11 is 0. The zero-order chi connectivity index (χ0) is 26.1. The molecule has 0 fully saturated rings. The van der Waals surface area contributed by atoms with Gasteiger partial charge in [0.1, 0.15) is 12.4 Å². The molecule has 3 N–H and O–H groups in total. The second-order valence-electron chi connectivity index (χ2n) is 8.93. The number of benzene rings is 2. The first-order valence-corrected chi connectivity index (χ1v) is 13.0. The third-order valence-electron chi connectivity index (χ3n) is 5.45. The number of phenols is 1. The normalized spacial score (nSPS) is 13.5. The highest BCUT2D eigenvalue weighted by Crippen LogP contribution is 2.21. The molecule has 2 aromatic carbocycles. The minimum atomic E-state index is -3.97. The Bertz CT molecular complexity index is 1180. The van der Waals surface area contributed by atoms with E-state index in [2.05, 4.69) is 5.32 Å². The van der Waals surface area contributed by atoms with Gasteiger partial charge in [-0.15, -0.1) is 0 Å². The molecule has 1 aromatic heterocycles. The van der Waals surface area contributed by atoms with Crippen LogP contribution in [0, 0.1) is 5.92 Å². The number of alkyl carbamates (subject to hydrolysis) is 1. The van der Waals surface area contributed by atoms with Crippen molar-refractivity contribution in [2.45, 2.75) is 43.9 Å². The van der Waals surface area contributed by atoms with Gasteiger partial charge in [-0.2, -0.15) is 4.31 Å². The van der Waals surface area contributed by atoms with Gasteiger partial charge in [0.15, 0.2) is 0 Å². The van der Waals surface area contributed by atoms with Crippen LogP contribution in [-0.2, 0) is 27.8 Å². The third-order valence-corrected chi connectivity index (χ3v) is 7.30. The fraction of sp³-hybridized carbons (Fsp3) is 0.346. The summed E-state index contributed by atoms with van der Waals surface area (Å²) in [7, 11) is -3.97. The van der Waals surface area contributed by atoms with E-state index in [9.17, 15) is 23.4 Å². The average molecular weight is 517 g/mol. The number of amides is 1. The Hall–Kier alpha value is -3.34. The molecule has 194 valence electrons. The number of hydrogen-bond acceptors (Lipinski definition) is 7. The molecule has 10 heteroatoms. The van der Waals surface area contributed by atoms with E-state index in [1.165, 1.54) is 41.1 Å². The van der Waals surface area contributed by atoms with Crippen molar-refractivity contribution >= 4 is 16.1 Å². The van der Waals surface area contributed by atoms with Gasteiger partial charge in [0.25, 0.3) is 0 Å². The molecule has 0 spiro atoms. The van der Waals surface area contributed by atoms with Crippen molar-refractivity contribution in [3.8, 4) is 5.75 Å². The summed E-state index contributed by atoms with van der Waals surface area (Å²) in [5.74, 6) is -0.0741. The molecule has 0 bridgehead atoms. The lowest BCUT2D eigenvalue weighted by Gasteiger charge is -2.30. The Morgan fingerprint density at radius 3 is 2.33 bits per heavy atom. The number of rotatable bonds is 12. The van der Waals surface area contributed by atoms with Crippen LogP contribution in [0.2, 0.25) is 0 Å². The first-order chi connectivity index (χ1) is 17.1. The highest BCUT2D eigenvalue weighted by atomic mass is 32.2. The molecule has 0 unspecified atom stereocenters. The van der Waals surface area contributed by atoms with Crippen molar-refractivity contribution in [3.63, 3.8) is 0 Å². The number of aromatic hydroxyl groups is 1. The Balaban J connectivity index is 1.79. The van der Waals surface area contributed by atoms with Crippen LogP contribution >= 0.6 is 0 Å². The number of nitrogens with zero attached hydrogens (tertiary/aromatic N) is 1. The van der Waals surface area contributed by atoms with Crippen LogP contribution in [0.5, 0.6) is 5.75 Å². The zero-order valence-corrected chi connectivity index (χ0v) is 21.1. The smallest absolute Gasteiger partial charge is 0.407 e. The molecule has 0 saturated heterocycles. The SMILES string of the molecule is CC(C)CN(C[C@@H](O)[C@H](Cc1ccccc1)NC(=O)OCc1ccoc1)S(=O)(=O)c1ccc(O)cc1. The van der Waals surface area contributed by atoms with Crippen LogP contribution in [0.4, 0.5) is 4.79 Å². The minimum absolute atomic E-state index is 0.000223. The van der Waals surface area contributed by atoms with Crippen molar-refractivity contribution in [2.24, 2.45) is 5.92 Å². The Kier molecular flexibility index (Phi) is 9.51. The molecule has 36 heavy (non-hydrogen) atoms. The van der Waals surface area contributed by atoms with Gasteiger partial charge >= 0.3 is 6.09 Å². The second kappa shape index (κ2) is 12.6. The molecular formula is C26H32N2O7S. The van der Waals surface area contributed by atoms with Gasteiger partial charge < -0.3 is 24.7 Å². The molecule has 3 rings (SSSR count). The van der Waals surface area contributed by atoms with Crippen LogP contribution in [0.15, 0.2) is 82.5 Å². The number of hydrogen-bond donors (Lipinski definition) is 3. The van der Waals surface area contributed by atoms with E-state index in [-0.39, 0.29) is 42.7 Å². The molecule has 0 aliphatic carbocycles. The Morgan fingerprint density at radius 2 is 1.72 bits per heavy atom. The summed E-state index contributed by atoms with van der Waals surface area (Å²) in [4.78, 5) is 12.5. The lowest BCUT2D eigenvalue weighted by Crippen LogP contribution is -2.51. The number of ether oxygens (including phenoxy) is 1. The Labute approximate surface area is 211 Å². The van der Waals surface area contributed by atoms with Crippen LogP contribution in [0.25, 0.3) is 0 Å². The summed E-state index contributed by atoms with van der Waals surface area (Å²) in [6, 6.07) is 15.3. The maximum absolute atomic E-state index is 13.4. The average Bonchev–Trinajstić information content (AvgIpc) is 3.36. The monoisotopic (exact) mass is 516 g/mol. The largest absolute Gasteiger partial charge is 0.508 e. The highest BCUT2D eigenvalue weighted by molar-refractivity contribution is 7.89. The molecule has 1 heterocycles. The lowest BCUT2D eigenvalue weighted by atomic mass is 10.0. The van der Waals surface area contributed by atoms with E-state index in [4.69, 9.17) is 9.15 Å². The molecule has 0 saturated carbocycles. The van der Waals surface area contributed by atoms with Crippen LogP contribution in [0.3, 0.4) is 0 Å². The predicted molar refractivity (Wildman–Crippen MR) is 134 cm³/mol. The van der Waals surface area contributed by atoms with E-state index in [1.807, 2.05) is 44.2 Å². The first kappa shape index (κ1) is 27.3. The fourth-order valence-corrected chi connectivity index (χ4v) is 5.27. The summed E-state index contributed by atoms with van der Waals surface area (Å²) in [5, 5.41) is 23.4. The molecule has 3 aromatic rings. The summed E-state index contributed by atoms with van der Waals surface area (Å²) in [6.45, 7) is 3.65. The van der Waals surface area contributed by atoms with Crippen LogP contribution in [0.1, 0.15) is 25.0 Å². The number of phenolic OH excluding ortho intramolecular Hbond substituents is 1. The maximum Gasteiger partial charge on any atom is 0.407 e. The van der Waals surface area contributed by atoms with Gasteiger partial charge in [0, 0.05) is 18.7 Å². The van der Waals surface area contributed by atoms with Gasteiger partial charge in [-0.25, -0.2) is 13.2 Å². The maximum atomic E-state index is 13.4. The van der Waals surface area contributed by atoms with Gasteiger partial charge in [-0.1, -0.05) is 44.2 Å². The number of furan rings is 1. The van der Waals surface area contributed by atoms with Crippen molar-refractivity contribution < 1.29 is 32.6 Å². The number of sulfonamides is 1. The number of aliphatic hydroxyl groups excluding tert-OH is 1. The molecule has 9 nitrogen and oxygen atoms in total. The van der Waals surface area contributed by atoms with Crippen molar-refractivity contribution in [3.05, 3.63) is 84.3 Å². The van der Waals surface area contributed by atoms with Gasteiger partial charge in [0.2, 0.25) is 10.0 Å². The standard InChI is InChI=1S/C26H32N2O7S/c1-19(2)15-28(36(32,33)23-10-8-22(29)9-11-23)16-25(30)24(14-20-6-4-3-5-7-20)27-26(31)35-18-21-12-13-34-17-21/h3-13,17,19,24-25,29-30H,14-16,18H2,1-2H3,(H,27,31)/t24-,25+/m0/s1. The zero-order valence-electron chi connectivity index (χ0n) is 20.3. The van der Waals surface area contributed by atoms with E-state index in [0.29, 0.717) is 5.56 Å². The Morgan fingerprint density at radius 1 is 1.03 bits per heavy atom. The van der Waals surface area contributed by atoms with E-state index in [0.717, 1.165) is 5.56 Å². The first-order valence-electron chi connectivity index (χ1n) is 11.6. The second-order valence-corrected chi connectivity index (χ2v) is 10.9. The summed E-state index contributed by atoms with van der Waals surface area (Å²) < 4.78 is 38.1. The van der Waals surface area contributed by atoms with Crippen LogP contribution < -0.4 is 5.32 Å². The molecule has 2 atom stereocenters.